The van der Waals surface area contributed by atoms with Crippen molar-refractivity contribution in [2.24, 2.45) is 0 Å². The Labute approximate surface area is 256 Å². The Bertz CT molecular complexity index is 1440. The van der Waals surface area contributed by atoms with E-state index in [1.165, 1.54) is 31.8 Å². The third-order valence-electron chi connectivity index (χ3n) is 8.62. The van der Waals surface area contributed by atoms with Gasteiger partial charge in [-0.15, -0.1) is 24.0 Å². The number of rotatable bonds is 7. The fourth-order valence-electron chi connectivity index (χ4n) is 6.94. The second-order valence-electron chi connectivity index (χ2n) is 10.4. The summed E-state index contributed by atoms with van der Waals surface area (Å²) in [6.45, 7) is -0.262. The normalized spacial score (nSPS) is 12.9. The van der Waals surface area contributed by atoms with Gasteiger partial charge in [0.2, 0.25) is 0 Å². The molecule has 0 saturated heterocycles. The van der Waals surface area contributed by atoms with Crippen LogP contribution in [-0.2, 0) is 0 Å². The van der Waals surface area contributed by atoms with Gasteiger partial charge in [-0.1, -0.05) is 0 Å². The van der Waals surface area contributed by atoms with Crippen LogP contribution in [0.2, 0.25) is 0 Å². The molecule has 0 radical (unpaired) electrons. The Morgan fingerprint density at radius 1 is 0.325 bits per heavy atom. The van der Waals surface area contributed by atoms with Gasteiger partial charge in [0.25, 0.3) is 0 Å². The van der Waals surface area contributed by atoms with Crippen molar-refractivity contribution in [3.8, 4) is 0 Å². The predicted octanol–water partition coefficient (Wildman–Crippen LogP) is 7.41. The molecule has 0 aliphatic rings. The largest absolute Gasteiger partial charge is 0.107 e. The van der Waals surface area contributed by atoms with Crippen molar-refractivity contribution in [1.29, 1.82) is 0 Å². The molecule has 0 saturated carbocycles. The summed E-state index contributed by atoms with van der Waals surface area (Å²) in [6, 6.07) is 68.4. The molecule has 0 spiro atoms. The summed E-state index contributed by atoms with van der Waals surface area (Å²) in [4.78, 5) is 0. The number of hydrogen-bond acceptors (Lipinski definition) is 0. The summed E-state index contributed by atoms with van der Waals surface area (Å²) in [7, 11) is 0. The van der Waals surface area contributed by atoms with E-state index in [4.69, 9.17) is 0 Å². The number of halogens is 1. The topological polar surface area (TPSA) is 0 Å². The Morgan fingerprint density at radius 3 is 0.750 bits per heavy atom. The van der Waals surface area contributed by atoms with Gasteiger partial charge in [-0.3, -0.25) is 0 Å². The summed E-state index contributed by atoms with van der Waals surface area (Å²) < 4.78 is 0. The minimum absolute atomic E-state index is 0. The Morgan fingerprint density at radius 2 is 0.525 bits per heavy atom. The van der Waals surface area contributed by atoms with Crippen LogP contribution in [0.4, 0.5) is 0 Å². The molecule has 0 nitrogen and oxygen atoms in total. The molecule has 3 heteroatoms. The van der Waals surface area contributed by atoms with Crippen molar-refractivity contribution in [2.75, 3.05) is 6.66 Å². The van der Waals surface area contributed by atoms with Crippen LogP contribution >= 0.6 is 37.2 Å². The van der Waals surface area contributed by atoms with Gasteiger partial charge in [0, 0.05) is 0 Å². The van der Waals surface area contributed by atoms with E-state index in [2.05, 4.69) is 189 Å². The average Bonchev–Trinajstić information content (AvgIpc) is 3.04. The van der Waals surface area contributed by atoms with Crippen molar-refractivity contribution in [3.05, 3.63) is 182 Å². The third kappa shape index (κ3) is 4.10. The summed E-state index contributed by atoms with van der Waals surface area (Å²) >= 11 is 0. The van der Waals surface area contributed by atoms with Gasteiger partial charge < -0.3 is 0 Å². The first kappa shape index (κ1) is 28.4. The molecule has 0 fully saturated rings. The maximum absolute atomic E-state index is 3.34. The van der Waals surface area contributed by atoms with Gasteiger partial charge in [0.15, 0.2) is 0 Å². The maximum atomic E-state index is 2.66. The fraction of sp³-hybridized carbons (Fsp3) is 0.0270. The second kappa shape index (κ2) is 11.8. The fourth-order valence-corrected chi connectivity index (χ4v) is 28.7. The number of hydrogen-bond donors (Lipinski definition) is 0. The van der Waals surface area contributed by atoms with E-state index in [0.717, 1.165) is 0 Å². The van der Waals surface area contributed by atoms with Crippen LogP contribution in [0.5, 0.6) is 0 Å². The van der Waals surface area contributed by atoms with Gasteiger partial charge in [0.1, 0.15) is 0 Å². The molecular formula is C37H35IP2. The predicted molar refractivity (Wildman–Crippen MR) is 193 cm³/mol. The van der Waals surface area contributed by atoms with Crippen molar-refractivity contribution in [2.45, 2.75) is 0 Å². The molecule has 200 valence electrons. The van der Waals surface area contributed by atoms with Crippen molar-refractivity contribution in [1.82, 2.24) is 0 Å². The first-order valence-electron chi connectivity index (χ1n) is 13.6. The first-order valence-corrected chi connectivity index (χ1v) is 19.1. The van der Waals surface area contributed by atoms with Crippen molar-refractivity contribution >= 4 is 69.0 Å². The minimum atomic E-state index is -3.34. The molecule has 0 unspecified atom stereocenters. The van der Waals surface area contributed by atoms with Gasteiger partial charge in [-0.25, -0.2) is 0 Å². The number of benzene rings is 6. The summed E-state index contributed by atoms with van der Waals surface area (Å²) in [5.41, 5.74) is 0. The van der Waals surface area contributed by atoms with Crippen molar-refractivity contribution in [3.63, 3.8) is 0 Å². The average molecular weight is 669 g/mol. The molecule has 6 aromatic rings. The van der Waals surface area contributed by atoms with Crippen LogP contribution in [0.15, 0.2) is 182 Å². The minimum Gasteiger partial charge on any atom is -0.107 e. The standard InChI is InChI=1S/C37H34P2.HI/c1-39(35-26-14-5-15-27-35,36-28-16-6-17-29-36,37-30-18-7-19-31-37)38(32-20-8-2-9-21-32,33-22-10-3-11-23-33)34-24-12-4-13-25-34;/h2-31,38H,1H3;1H. The maximum Gasteiger partial charge on any atom is -0.107 e. The van der Waals surface area contributed by atoms with Crippen LogP contribution in [0.3, 0.4) is 0 Å². The van der Waals surface area contributed by atoms with Crippen LogP contribution in [0.1, 0.15) is 0 Å². The third-order valence-corrected chi connectivity index (χ3v) is 28.2. The van der Waals surface area contributed by atoms with E-state index < -0.39 is 13.2 Å². The second-order valence-corrected chi connectivity index (χ2v) is 23.6. The monoisotopic (exact) mass is 668 g/mol. The molecule has 0 aliphatic heterocycles. The molecule has 0 aliphatic carbocycles. The molecule has 40 heavy (non-hydrogen) atoms. The van der Waals surface area contributed by atoms with Gasteiger partial charge in [-0.05, 0) is 0 Å². The molecule has 6 rings (SSSR count). The zero-order valence-electron chi connectivity index (χ0n) is 22.7. The van der Waals surface area contributed by atoms with Crippen molar-refractivity contribution < 1.29 is 0 Å². The molecule has 0 heterocycles. The van der Waals surface area contributed by atoms with E-state index in [0.29, 0.717) is 0 Å². The molecule has 0 bridgehead atoms. The Balaban J connectivity index is 0.00000323. The Hall–Kier alpha value is -3.09. The van der Waals surface area contributed by atoms with Crippen LogP contribution in [0.25, 0.3) is 0 Å². The van der Waals surface area contributed by atoms with E-state index in [1.54, 1.807) is 0 Å². The van der Waals surface area contributed by atoms with Crippen LogP contribution in [-0.4, -0.2) is 6.66 Å². The Kier molecular flexibility index (Phi) is 8.39. The summed E-state index contributed by atoms with van der Waals surface area (Å²) in [5, 5.41) is 8.55. The SMILES string of the molecule is CP(c1ccccc1)(c1ccccc1)(c1ccccc1)[PH](c1ccccc1)(c1ccccc1)c1ccccc1.I. The van der Waals surface area contributed by atoms with E-state index in [1.807, 2.05) is 0 Å². The quantitative estimate of drug-likeness (QED) is 0.123. The van der Waals surface area contributed by atoms with Gasteiger partial charge in [0.05, 0.1) is 0 Å². The molecule has 0 N–H and O–H groups in total. The molecule has 0 amide bonds. The molecular weight excluding hydrogens is 633 g/mol. The molecule has 0 aromatic heterocycles. The van der Waals surface area contributed by atoms with Crippen LogP contribution in [0, 0.1) is 0 Å². The van der Waals surface area contributed by atoms with Gasteiger partial charge >= 0.3 is 234 Å². The van der Waals surface area contributed by atoms with E-state index in [9.17, 15) is 0 Å². The molecule has 0 atom stereocenters. The zero-order valence-corrected chi connectivity index (χ0v) is 26.9. The zero-order chi connectivity index (χ0) is 26.6. The summed E-state index contributed by atoms with van der Waals surface area (Å²) in [6.07, 6.45) is -3.34. The van der Waals surface area contributed by atoms with E-state index in [-0.39, 0.29) is 24.0 Å². The smallest absolute Gasteiger partial charge is 0.107 e. The van der Waals surface area contributed by atoms with E-state index >= 15 is 0 Å². The van der Waals surface area contributed by atoms with Gasteiger partial charge in [-0.2, -0.15) is 0 Å². The molecule has 6 aromatic carbocycles. The first-order chi connectivity index (χ1) is 19.2. The van der Waals surface area contributed by atoms with Crippen LogP contribution < -0.4 is 31.8 Å². The summed E-state index contributed by atoms with van der Waals surface area (Å²) in [5.74, 6) is 0.